The Morgan fingerprint density at radius 3 is 2.11 bits per heavy atom. The van der Waals surface area contributed by atoms with Crippen molar-refractivity contribution in [2.45, 2.75) is 24.5 Å². The van der Waals surface area contributed by atoms with Crippen molar-refractivity contribution in [3.63, 3.8) is 0 Å². The number of hydrogen-bond donors (Lipinski definition) is 1. The van der Waals surface area contributed by atoms with Crippen molar-refractivity contribution in [1.29, 1.82) is 0 Å². The van der Waals surface area contributed by atoms with Gasteiger partial charge in [0, 0.05) is 13.1 Å². The van der Waals surface area contributed by atoms with E-state index in [1.165, 1.54) is 4.90 Å². The SMILES string of the molecule is O=C(CS(=O)(=O)C(F)(F)C(=O)O)N1CCCCC1. The zero-order valence-corrected chi connectivity index (χ0v) is 10.3. The summed E-state index contributed by atoms with van der Waals surface area (Å²) in [5.74, 6) is -5.23. The molecule has 0 saturated carbocycles. The molecule has 1 amide bonds. The Hall–Kier alpha value is -1.25. The van der Waals surface area contributed by atoms with Crippen molar-refractivity contribution in [3.05, 3.63) is 0 Å². The summed E-state index contributed by atoms with van der Waals surface area (Å²) >= 11 is 0. The van der Waals surface area contributed by atoms with Crippen LogP contribution < -0.4 is 0 Å². The van der Waals surface area contributed by atoms with Crippen molar-refractivity contribution >= 4 is 21.7 Å². The van der Waals surface area contributed by atoms with Crippen LogP contribution in [0.2, 0.25) is 0 Å². The number of carboxylic acids is 1. The van der Waals surface area contributed by atoms with Gasteiger partial charge < -0.3 is 10.0 Å². The fourth-order valence-electron chi connectivity index (χ4n) is 1.62. The van der Waals surface area contributed by atoms with E-state index in [0.29, 0.717) is 25.9 Å². The third-order valence-corrected chi connectivity index (χ3v) is 4.24. The second-order valence-electron chi connectivity index (χ2n) is 4.02. The third-order valence-electron chi connectivity index (χ3n) is 2.66. The van der Waals surface area contributed by atoms with Crippen LogP contribution in [0.3, 0.4) is 0 Å². The van der Waals surface area contributed by atoms with Gasteiger partial charge in [-0.1, -0.05) is 0 Å². The average molecular weight is 285 g/mol. The van der Waals surface area contributed by atoms with Crippen LogP contribution in [0.5, 0.6) is 0 Å². The lowest BCUT2D eigenvalue weighted by Gasteiger charge is -2.26. The highest BCUT2D eigenvalue weighted by molar-refractivity contribution is 7.93. The van der Waals surface area contributed by atoms with Gasteiger partial charge in [0.2, 0.25) is 15.7 Å². The zero-order valence-electron chi connectivity index (χ0n) is 9.43. The second-order valence-corrected chi connectivity index (χ2v) is 6.05. The number of aliphatic carboxylic acids is 1. The molecule has 9 heteroatoms. The molecule has 1 aliphatic heterocycles. The molecular weight excluding hydrogens is 272 g/mol. The second kappa shape index (κ2) is 5.17. The van der Waals surface area contributed by atoms with Crippen LogP contribution in [0, 0.1) is 0 Å². The molecule has 1 saturated heterocycles. The number of nitrogens with zero attached hydrogens (tertiary/aromatic N) is 1. The van der Waals surface area contributed by atoms with Crippen LogP contribution >= 0.6 is 0 Å². The van der Waals surface area contributed by atoms with Crippen LogP contribution in [0.15, 0.2) is 0 Å². The Bertz CT molecular complexity index is 442. The first-order valence-corrected chi connectivity index (χ1v) is 6.95. The van der Waals surface area contributed by atoms with Crippen LogP contribution in [0.1, 0.15) is 19.3 Å². The lowest BCUT2D eigenvalue weighted by atomic mass is 10.1. The number of sulfone groups is 1. The number of amides is 1. The monoisotopic (exact) mass is 285 g/mol. The number of carbonyl (C=O) groups excluding carboxylic acids is 1. The molecule has 0 aliphatic carbocycles. The van der Waals surface area contributed by atoms with Gasteiger partial charge in [0.1, 0.15) is 5.75 Å². The summed E-state index contributed by atoms with van der Waals surface area (Å²) < 4.78 is 48.1. The van der Waals surface area contributed by atoms with Crippen LogP contribution in [-0.4, -0.2) is 54.4 Å². The van der Waals surface area contributed by atoms with Crippen molar-refractivity contribution in [2.24, 2.45) is 0 Å². The molecule has 0 radical (unpaired) electrons. The summed E-state index contributed by atoms with van der Waals surface area (Å²) in [6.07, 6.45) is 2.25. The van der Waals surface area contributed by atoms with Crippen LogP contribution in [0.25, 0.3) is 0 Å². The molecule has 0 aromatic rings. The molecule has 104 valence electrons. The zero-order chi connectivity index (χ0) is 14.0. The highest BCUT2D eigenvalue weighted by Crippen LogP contribution is 2.23. The van der Waals surface area contributed by atoms with Crippen LogP contribution in [-0.2, 0) is 19.4 Å². The normalized spacial score (nSPS) is 17.6. The number of carboxylic acid groups (broad SMARTS) is 1. The molecule has 0 aromatic heterocycles. The van der Waals surface area contributed by atoms with Gasteiger partial charge in [0.05, 0.1) is 0 Å². The molecule has 0 spiro atoms. The maximum Gasteiger partial charge on any atom is 0.440 e. The first kappa shape index (κ1) is 14.8. The fraction of sp³-hybridized carbons (Fsp3) is 0.778. The topological polar surface area (TPSA) is 91.8 Å². The Kier molecular flexibility index (Phi) is 4.25. The molecule has 1 fully saturated rings. The van der Waals surface area contributed by atoms with Crippen molar-refractivity contribution < 1.29 is 31.9 Å². The van der Waals surface area contributed by atoms with E-state index >= 15 is 0 Å². The first-order chi connectivity index (χ1) is 8.18. The van der Waals surface area contributed by atoms with Crippen LogP contribution in [0.4, 0.5) is 8.78 Å². The van der Waals surface area contributed by atoms with Gasteiger partial charge in [0.25, 0.3) is 0 Å². The van der Waals surface area contributed by atoms with E-state index < -0.39 is 32.7 Å². The van der Waals surface area contributed by atoms with Gasteiger partial charge in [-0.3, -0.25) is 4.79 Å². The fourth-order valence-corrected chi connectivity index (χ4v) is 2.58. The minimum Gasteiger partial charge on any atom is -0.476 e. The summed E-state index contributed by atoms with van der Waals surface area (Å²) in [7, 11) is -5.33. The molecule has 6 nitrogen and oxygen atoms in total. The molecule has 0 aromatic carbocycles. The third kappa shape index (κ3) is 2.95. The van der Waals surface area contributed by atoms with Gasteiger partial charge in [-0.25, -0.2) is 13.2 Å². The number of carbonyl (C=O) groups is 2. The van der Waals surface area contributed by atoms with E-state index in [0.717, 1.165) is 6.42 Å². The molecular formula is C9H13F2NO5S. The van der Waals surface area contributed by atoms with E-state index in [9.17, 15) is 26.8 Å². The molecule has 1 rings (SSSR count). The van der Waals surface area contributed by atoms with Gasteiger partial charge in [-0.2, -0.15) is 8.78 Å². The summed E-state index contributed by atoms with van der Waals surface area (Å²) in [5.41, 5.74) is 0. The van der Waals surface area contributed by atoms with E-state index in [1.54, 1.807) is 0 Å². The van der Waals surface area contributed by atoms with E-state index in [-0.39, 0.29) is 0 Å². The quantitative estimate of drug-likeness (QED) is 0.790. The Morgan fingerprint density at radius 1 is 1.17 bits per heavy atom. The molecule has 1 N–H and O–H groups in total. The number of halogens is 2. The van der Waals surface area contributed by atoms with E-state index in [2.05, 4.69) is 0 Å². The largest absolute Gasteiger partial charge is 0.476 e. The number of hydrogen-bond acceptors (Lipinski definition) is 4. The lowest BCUT2D eigenvalue weighted by Crippen LogP contribution is -2.45. The highest BCUT2D eigenvalue weighted by atomic mass is 32.2. The van der Waals surface area contributed by atoms with E-state index in [1.807, 2.05) is 0 Å². The van der Waals surface area contributed by atoms with Gasteiger partial charge in [0.15, 0.2) is 0 Å². The maximum absolute atomic E-state index is 12.9. The lowest BCUT2D eigenvalue weighted by molar-refractivity contribution is -0.153. The summed E-state index contributed by atoms with van der Waals surface area (Å²) in [6.45, 7) is 0.625. The summed E-state index contributed by atoms with van der Waals surface area (Å²) in [6, 6.07) is 0. The highest BCUT2D eigenvalue weighted by Gasteiger charge is 2.54. The molecule has 1 heterocycles. The Morgan fingerprint density at radius 2 is 1.67 bits per heavy atom. The minimum atomic E-state index is -5.33. The number of alkyl halides is 2. The molecule has 1 aliphatic rings. The molecule has 18 heavy (non-hydrogen) atoms. The van der Waals surface area contributed by atoms with Gasteiger partial charge >= 0.3 is 11.2 Å². The van der Waals surface area contributed by atoms with Gasteiger partial charge in [-0.15, -0.1) is 0 Å². The van der Waals surface area contributed by atoms with Crippen molar-refractivity contribution in [3.8, 4) is 0 Å². The number of rotatable bonds is 4. The first-order valence-electron chi connectivity index (χ1n) is 5.30. The Balaban J connectivity index is 2.77. The summed E-state index contributed by atoms with van der Waals surface area (Å²) in [5, 5.41) is 3.21. The predicted molar refractivity (Wildman–Crippen MR) is 56.8 cm³/mol. The molecule has 0 atom stereocenters. The smallest absolute Gasteiger partial charge is 0.440 e. The predicted octanol–water partition coefficient (Wildman–Crippen LogP) is 0.0911. The Labute approximate surface area is 102 Å². The maximum atomic E-state index is 12.9. The van der Waals surface area contributed by atoms with Crippen molar-refractivity contribution in [1.82, 2.24) is 4.90 Å². The average Bonchev–Trinajstić information content (AvgIpc) is 2.29. The van der Waals surface area contributed by atoms with Gasteiger partial charge in [-0.05, 0) is 19.3 Å². The minimum absolute atomic E-state index is 0.312. The van der Waals surface area contributed by atoms with E-state index in [4.69, 9.17) is 5.11 Å². The number of likely N-dealkylation sites (tertiary alicyclic amines) is 1. The molecule has 0 bridgehead atoms. The standard InChI is InChI=1S/C9H13F2NO5S/c10-9(11,8(14)15)18(16,17)6-7(13)12-4-2-1-3-5-12/h1-6H2,(H,14,15). The summed E-state index contributed by atoms with van der Waals surface area (Å²) in [4.78, 5) is 22.8. The van der Waals surface area contributed by atoms with Crippen molar-refractivity contribution in [2.75, 3.05) is 18.8 Å². The number of piperidine rings is 1. The molecule has 0 unspecified atom stereocenters.